The fourth-order valence-corrected chi connectivity index (χ4v) is 1.98. The smallest absolute Gasteiger partial charge is 0.197 e. The van der Waals surface area contributed by atoms with Gasteiger partial charge in [-0.05, 0) is 42.8 Å². The summed E-state index contributed by atoms with van der Waals surface area (Å²) in [6, 6.07) is 7.74. The number of hydrogen-bond acceptors (Lipinski definition) is 1. The highest BCUT2D eigenvalue weighted by Crippen LogP contribution is 2.24. The van der Waals surface area contributed by atoms with Crippen LogP contribution in [0.4, 0.5) is 8.78 Å². The molecule has 0 aliphatic rings. The first-order valence-electron chi connectivity index (χ1n) is 5.25. The summed E-state index contributed by atoms with van der Waals surface area (Å²) < 4.78 is 26.6. The maximum absolute atomic E-state index is 13.6. The van der Waals surface area contributed by atoms with Crippen LogP contribution < -0.4 is 0 Å². The van der Waals surface area contributed by atoms with Gasteiger partial charge >= 0.3 is 0 Å². The Hall–Kier alpha value is -1.74. The van der Waals surface area contributed by atoms with Crippen LogP contribution in [0.5, 0.6) is 0 Å². The highest BCUT2D eigenvalue weighted by atomic mass is 35.5. The van der Waals surface area contributed by atoms with E-state index in [1.807, 2.05) is 0 Å². The number of hydrogen-bond donors (Lipinski definition) is 0. The molecule has 0 fully saturated rings. The number of rotatable bonds is 2. The van der Waals surface area contributed by atoms with Crippen LogP contribution in [-0.2, 0) is 0 Å². The van der Waals surface area contributed by atoms with E-state index in [2.05, 4.69) is 0 Å². The zero-order valence-corrected chi connectivity index (χ0v) is 10.3. The van der Waals surface area contributed by atoms with Gasteiger partial charge in [0.05, 0.1) is 10.6 Å². The third-order valence-corrected chi connectivity index (χ3v) is 2.94. The molecule has 1 nitrogen and oxygen atoms in total. The number of ketones is 1. The van der Waals surface area contributed by atoms with Crippen molar-refractivity contribution < 1.29 is 13.6 Å². The van der Waals surface area contributed by atoms with Crippen LogP contribution in [0.3, 0.4) is 0 Å². The first-order valence-corrected chi connectivity index (χ1v) is 5.63. The lowest BCUT2D eigenvalue weighted by molar-refractivity contribution is 0.103. The number of benzene rings is 2. The maximum Gasteiger partial charge on any atom is 0.197 e. The Morgan fingerprint density at radius 2 is 1.89 bits per heavy atom. The van der Waals surface area contributed by atoms with E-state index in [9.17, 15) is 13.6 Å². The Bertz CT molecular complexity index is 603. The second-order valence-electron chi connectivity index (χ2n) is 3.89. The van der Waals surface area contributed by atoms with Crippen molar-refractivity contribution in [2.45, 2.75) is 6.92 Å². The van der Waals surface area contributed by atoms with Gasteiger partial charge in [-0.1, -0.05) is 17.7 Å². The molecular weight excluding hydrogens is 258 g/mol. The highest BCUT2D eigenvalue weighted by Gasteiger charge is 2.19. The Labute approximate surface area is 108 Å². The van der Waals surface area contributed by atoms with Crippen LogP contribution in [0, 0.1) is 18.6 Å². The first kappa shape index (κ1) is 12.7. The van der Waals surface area contributed by atoms with Gasteiger partial charge in [0.25, 0.3) is 0 Å². The van der Waals surface area contributed by atoms with E-state index in [-0.39, 0.29) is 16.1 Å². The molecule has 0 aliphatic heterocycles. The third-order valence-electron chi connectivity index (χ3n) is 2.62. The molecule has 0 aliphatic carbocycles. The minimum Gasteiger partial charge on any atom is -0.288 e. The second-order valence-corrected chi connectivity index (χ2v) is 4.29. The van der Waals surface area contributed by atoms with Crippen molar-refractivity contribution in [2.75, 3.05) is 0 Å². The summed E-state index contributed by atoms with van der Waals surface area (Å²) in [7, 11) is 0. The standard InChI is InChI=1S/C14H9ClF2O/c1-8-7-9(16)5-6-10(8)14(18)13-11(15)3-2-4-12(13)17/h2-7H,1H3. The summed E-state index contributed by atoms with van der Waals surface area (Å²) in [5, 5.41) is 0.0451. The Balaban J connectivity index is 2.55. The molecule has 2 rings (SSSR count). The highest BCUT2D eigenvalue weighted by molar-refractivity contribution is 6.35. The fourth-order valence-electron chi connectivity index (χ4n) is 1.73. The molecule has 4 heteroatoms. The Morgan fingerprint density at radius 3 is 2.50 bits per heavy atom. The lowest BCUT2D eigenvalue weighted by Crippen LogP contribution is -2.07. The zero-order chi connectivity index (χ0) is 13.3. The van der Waals surface area contributed by atoms with Gasteiger partial charge in [-0.3, -0.25) is 4.79 Å². The van der Waals surface area contributed by atoms with E-state index < -0.39 is 17.4 Å². The third kappa shape index (κ3) is 2.27. The van der Waals surface area contributed by atoms with Crippen LogP contribution >= 0.6 is 11.6 Å². The molecule has 0 bridgehead atoms. The van der Waals surface area contributed by atoms with Crippen LogP contribution in [-0.4, -0.2) is 5.78 Å². The summed E-state index contributed by atoms with van der Waals surface area (Å²) in [5.41, 5.74) is 0.497. The van der Waals surface area contributed by atoms with Gasteiger partial charge in [-0.2, -0.15) is 0 Å². The van der Waals surface area contributed by atoms with E-state index in [0.29, 0.717) is 5.56 Å². The molecule has 18 heavy (non-hydrogen) atoms. The number of halogens is 3. The van der Waals surface area contributed by atoms with Crippen molar-refractivity contribution in [3.63, 3.8) is 0 Å². The topological polar surface area (TPSA) is 17.1 Å². The van der Waals surface area contributed by atoms with Gasteiger partial charge < -0.3 is 0 Å². The summed E-state index contributed by atoms with van der Waals surface area (Å²) in [6.07, 6.45) is 0. The zero-order valence-electron chi connectivity index (χ0n) is 9.51. The molecule has 0 atom stereocenters. The van der Waals surface area contributed by atoms with Gasteiger partial charge in [-0.15, -0.1) is 0 Å². The van der Waals surface area contributed by atoms with Crippen LogP contribution in [0.1, 0.15) is 21.5 Å². The van der Waals surface area contributed by atoms with Gasteiger partial charge in [0.2, 0.25) is 0 Å². The average molecular weight is 267 g/mol. The van der Waals surface area contributed by atoms with Gasteiger partial charge in [0.1, 0.15) is 11.6 Å². The lowest BCUT2D eigenvalue weighted by Gasteiger charge is -2.07. The van der Waals surface area contributed by atoms with Gasteiger partial charge in [0.15, 0.2) is 5.78 Å². The molecule has 0 aromatic heterocycles. The molecule has 2 aromatic carbocycles. The predicted octanol–water partition coefficient (Wildman–Crippen LogP) is 4.16. The van der Waals surface area contributed by atoms with Crippen molar-refractivity contribution in [1.29, 1.82) is 0 Å². The molecule has 0 radical (unpaired) electrons. The summed E-state index contributed by atoms with van der Waals surface area (Å²) in [6.45, 7) is 1.59. The van der Waals surface area contributed by atoms with Crippen molar-refractivity contribution in [3.8, 4) is 0 Å². The van der Waals surface area contributed by atoms with E-state index >= 15 is 0 Å². The molecule has 0 saturated heterocycles. The first-order chi connectivity index (χ1) is 8.50. The summed E-state index contributed by atoms with van der Waals surface area (Å²) >= 11 is 5.82. The van der Waals surface area contributed by atoms with Crippen LogP contribution in [0.15, 0.2) is 36.4 Å². The minimum absolute atomic E-state index is 0.0451. The van der Waals surface area contributed by atoms with Gasteiger partial charge in [-0.25, -0.2) is 8.78 Å². The normalized spacial score (nSPS) is 10.4. The van der Waals surface area contributed by atoms with Gasteiger partial charge in [0, 0.05) is 5.56 Å². The fraction of sp³-hybridized carbons (Fsp3) is 0.0714. The molecule has 2 aromatic rings. The number of carbonyl (C=O) groups is 1. The van der Waals surface area contributed by atoms with E-state index in [1.165, 1.54) is 24.3 Å². The monoisotopic (exact) mass is 266 g/mol. The van der Waals surface area contributed by atoms with Crippen molar-refractivity contribution in [1.82, 2.24) is 0 Å². The Kier molecular flexibility index (Phi) is 3.43. The van der Waals surface area contributed by atoms with Crippen molar-refractivity contribution >= 4 is 17.4 Å². The van der Waals surface area contributed by atoms with Crippen LogP contribution in [0.25, 0.3) is 0 Å². The summed E-state index contributed by atoms with van der Waals surface area (Å²) in [5.74, 6) is -1.67. The minimum atomic E-state index is -0.684. The lowest BCUT2D eigenvalue weighted by atomic mass is 9.98. The van der Waals surface area contributed by atoms with Crippen LogP contribution in [0.2, 0.25) is 5.02 Å². The quantitative estimate of drug-likeness (QED) is 0.746. The van der Waals surface area contributed by atoms with E-state index in [0.717, 1.165) is 12.1 Å². The summed E-state index contributed by atoms with van der Waals surface area (Å²) in [4.78, 5) is 12.2. The second kappa shape index (κ2) is 4.86. The SMILES string of the molecule is Cc1cc(F)ccc1C(=O)c1c(F)cccc1Cl. The number of carbonyl (C=O) groups excluding carboxylic acids is 1. The molecule has 92 valence electrons. The molecule has 0 N–H and O–H groups in total. The molecule has 0 unspecified atom stereocenters. The molecule has 0 heterocycles. The van der Waals surface area contributed by atoms with Crippen molar-refractivity contribution in [2.24, 2.45) is 0 Å². The molecular formula is C14H9ClF2O. The largest absolute Gasteiger partial charge is 0.288 e. The Morgan fingerprint density at radius 1 is 1.17 bits per heavy atom. The molecule has 0 saturated carbocycles. The maximum atomic E-state index is 13.6. The predicted molar refractivity (Wildman–Crippen MR) is 66.0 cm³/mol. The van der Waals surface area contributed by atoms with Crippen molar-refractivity contribution in [3.05, 3.63) is 69.7 Å². The average Bonchev–Trinajstić information content (AvgIpc) is 2.28. The molecule has 0 amide bonds. The number of aryl methyl sites for hydroxylation is 1. The van der Waals surface area contributed by atoms with E-state index in [4.69, 9.17) is 11.6 Å². The van der Waals surface area contributed by atoms with E-state index in [1.54, 1.807) is 6.92 Å². The molecule has 0 spiro atoms.